The van der Waals surface area contributed by atoms with Crippen LogP contribution in [-0.4, -0.2) is 23.6 Å². The quantitative estimate of drug-likeness (QED) is 0.642. The van der Waals surface area contributed by atoms with Gasteiger partial charge in [0, 0.05) is 0 Å². The van der Waals surface area contributed by atoms with Crippen LogP contribution in [-0.2, 0) is 9.53 Å². The minimum Gasteiger partial charge on any atom is -0.448 e. The van der Waals surface area contributed by atoms with Crippen LogP contribution in [0, 0.1) is 5.92 Å². The van der Waals surface area contributed by atoms with Gasteiger partial charge in [0.05, 0.1) is 12.8 Å². The maximum atomic E-state index is 10.7. The predicted molar refractivity (Wildman–Crippen MR) is 37.8 cm³/mol. The minimum atomic E-state index is -0.649. The van der Waals surface area contributed by atoms with Crippen LogP contribution < -0.4 is 5.73 Å². The lowest BCUT2D eigenvalue weighted by Crippen LogP contribution is -2.47. The second-order valence-corrected chi connectivity index (χ2v) is 2.46. The summed E-state index contributed by atoms with van der Waals surface area (Å²) in [5.41, 5.74) is 5.04. The van der Waals surface area contributed by atoms with Crippen molar-refractivity contribution < 1.29 is 13.9 Å². The molecule has 5 heteroatoms. The molecule has 1 aromatic heterocycles. The molecule has 1 aromatic rings. The standard InChI is InChI=1S/C7H7N2O3/c8-6(10)5-4(3-12-5)7-9-1-2-11-7/h1-2,5H,3H2,(H2,8,10). The molecule has 2 heterocycles. The molecule has 0 saturated carbocycles. The Bertz CT molecular complexity index is 283. The topological polar surface area (TPSA) is 78.4 Å². The summed E-state index contributed by atoms with van der Waals surface area (Å²) in [6.07, 6.45) is 2.31. The largest absolute Gasteiger partial charge is 0.448 e. The molecule has 0 spiro atoms. The molecule has 1 aliphatic heterocycles. The Morgan fingerprint density at radius 1 is 1.75 bits per heavy atom. The van der Waals surface area contributed by atoms with Crippen molar-refractivity contribution in [3.63, 3.8) is 0 Å². The Labute approximate surface area is 68.5 Å². The SMILES string of the molecule is NC(=O)C1OC[C]1c1ncco1. The van der Waals surface area contributed by atoms with E-state index in [2.05, 4.69) is 4.98 Å². The predicted octanol–water partition coefficient (Wildman–Crippen LogP) is -0.519. The zero-order valence-electron chi connectivity index (χ0n) is 6.19. The van der Waals surface area contributed by atoms with Crippen molar-refractivity contribution in [1.29, 1.82) is 0 Å². The van der Waals surface area contributed by atoms with Crippen molar-refractivity contribution in [2.75, 3.05) is 6.61 Å². The number of primary amides is 1. The monoisotopic (exact) mass is 167 g/mol. The van der Waals surface area contributed by atoms with Gasteiger partial charge in [0.2, 0.25) is 11.8 Å². The van der Waals surface area contributed by atoms with E-state index in [1.807, 2.05) is 0 Å². The van der Waals surface area contributed by atoms with Gasteiger partial charge in [0.1, 0.15) is 12.2 Å². The van der Waals surface area contributed by atoms with Gasteiger partial charge in [-0.25, -0.2) is 4.98 Å². The Balaban J connectivity index is 2.12. The third kappa shape index (κ3) is 0.984. The number of oxazole rings is 1. The van der Waals surface area contributed by atoms with Crippen LogP contribution in [0.2, 0.25) is 0 Å². The highest BCUT2D eigenvalue weighted by Crippen LogP contribution is 2.28. The zero-order valence-corrected chi connectivity index (χ0v) is 6.19. The molecule has 2 rings (SSSR count). The second kappa shape index (κ2) is 2.60. The van der Waals surface area contributed by atoms with Crippen molar-refractivity contribution in [3.05, 3.63) is 24.3 Å². The average molecular weight is 167 g/mol. The number of nitrogens with zero attached hydrogens (tertiary/aromatic N) is 1. The highest BCUT2D eigenvalue weighted by molar-refractivity contribution is 5.83. The van der Waals surface area contributed by atoms with E-state index in [9.17, 15) is 4.79 Å². The van der Waals surface area contributed by atoms with Crippen molar-refractivity contribution in [2.24, 2.45) is 5.73 Å². The lowest BCUT2D eigenvalue weighted by molar-refractivity contribution is -0.136. The highest BCUT2D eigenvalue weighted by Gasteiger charge is 2.41. The molecule has 2 N–H and O–H groups in total. The summed E-state index contributed by atoms with van der Waals surface area (Å²) in [6.45, 7) is 0.369. The summed E-state index contributed by atoms with van der Waals surface area (Å²) >= 11 is 0. The van der Waals surface area contributed by atoms with Crippen molar-refractivity contribution >= 4 is 5.91 Å². The van der Waals surface area contributed by atoms with Crippen LogP contribution in [0.5, 0.6) is 0 Å². The first-order valence-electron chi connectivity index (χ1n) is 3.45. The number of aromatic nitrogens is 1. The average Bonchev–Trinajstić information content (AvgIpc) is 2.35. The van der Waals surface area contributed by atoms with Crippen LogP contribution in [0.3, 0.4) is 0 Å². The number of hydrogen-bond donors (Lipinski definition) is 1. The van der Waals surface area contributed by atoms with E-state index >= 15 is 0 Å². The first kappa shape index (κ1) is 7.30. The molecule has 0 bridgehead atoms. The second-order valence-electron chi connectivity index (χ2n) is 2.46. The van der Waals surface area contributed by atoms with Gasteiger partial charge in [-0.1, -0.05) is 0 Å². The van der Waals surface area contributed by atoms with E-state index in [0.717, 1.165) is 0 Å². The molecule has 1 saturated heterocycles. The van der Waals surface area contributed by atoms with Crippen molar-refractivity contribution in [1.82, 2.24) is 4.98 Å². The van der Waals surface area contributed by atoms with Crippen molar-refractivity contribution in [3.8, 4) is 0 Å². The van der Waals surface area contributed by atoms with Crippen molar-refractivity contribution in [2.45, 2.75) is 6.10 Å². The molecule has 1 unspecified atom stereocenters. The Morgan fingerprint density at radius 2 is 2.58 bits per heavy atom. The van der Waals surface area contributed by atoms with Gasteiger partial charge in [0.15, 0.2) is 6.10 Å². The summed E-state index contributed by atoms with van der Waals surface area (Å²) in [4.78, 5) is 14.6. The van der Waals surface area contributed by atoms with Gasteiger partial charge in [-0.3, -0.25) is 4.79 Å². The van der Waals surface area contributed by atoms with Gasteiger partial charge >= 0.3 is 0 Å². The Morgan fingerprint density at radius 3 is 3.00 bits per heavy atom. The fourth-order valence-corrected chi connectivity index (χ4v) is 1.06. The summed E-state index contributed by atoms with van der Waals surface area (Å²) in [5.74, 6) is 0.645. The maximum absolute atomic E-state index is 10.7. The summed E-state index contributed by atoms with van der Waals surface area (Å²) in [6, 6.07) is 0. The normalized spacial score (nSPS) is 23.5. The third-order valence-corrected chi connectivity index (χ3v) is 1.69. The Hall–Kier alpha value is -1.36. The van der Waals surface area contributed by atoms with Gasteiger partial charge in [-0.2, -0.15) is 0 Å². The molecule has 1 amide bonds. The molecule has 0 aromatic carbocycles. The van der Waals surface area contributed by atoms with Crippen LogP contribution in [0.15, 0.2) is 16.9 Å². The molecule has 1 atom stereocenters. The van der Waals surface area contributed by atoms with E-state index in [1.54, 1.807) is 0 Å². The fraction of sp³-hybridized carbons (Fsp3) is 0.286. The van der Waals surface area contributed by atoms with E-state index in [-0.39, 0.29) is 0 Å². The smallest absolute Gasteiger partial charge is 0.247 e. The van der Waals surface area contributed by atoms with Crippen LogP contribution in [0.25, 0.3) is 0 Å². The lowest BCUT2D eigenvalue weighted by Gasteiger charge is -2.30. The number of nitrogens with two attached hydrogens (primary N) is 1. The summed E-state index contributed by atoms with van der Waals surface area (Å²) in [7, 11) is 0. The fourth-order valence-electron chi connectivity index (χ4n) is 1.06. The molecule has 0 aliphatic carbocycles. The molecule has 63 valence electrons. The minimum absolute atomic E-state index is 0.369. The van der Waals surface area contributed by atoms with Gasteiger partial charge in [0.25, 0.3) is 0 Å². The maximum Gasteiger partial charge on any atom is 0.247 e. The number of amides is 1. The summed E-state index contributed by atoms with van der Waals surface area (Å²) < 4.78 is 9.90. The van der Waals surface area contributed by atoms with E-state index in [1.165, 1.54) is 12.5 Å². The number of carbonyl (C=O) groups is 1. The number of rotatable bonds is 2. The number of ether oxygens (including phenoxy) is 1. The van der Waals surface area contributed by atoms with Gasteiger partial charge in [-0.05, 0) is 0 Å². The third-order valence-electron chi connectivity index (χ3n) is 1.69. The van der Waals surface area contributed by atoms with Crippen LogP contribution >= 0.6 is 0 Å². The molecule has 12 heavy (non-hydrogen) atoms. The van der Waals surface area contributed by atoms with Crippen LogP contribution in [0.4, 0.5) is 0 Å². The lowest BCUT2D eigenvalue weighted by atomic mass is 9.97. The molecule has 1 aliphatic rings. The van der Waals surface area contributed by atoms with Crippen LogP contribution in [0.1, 0.15) is 5.89 Å². The van der Waals surface area contributed by atoms with E-state index in [0.29, 0.717) is 18.4 Å². The molecular weight excluding hydrogens is 160 g/mol. The first-order valence-corrected chi connectivity index (χ1v) is 3.45. The van der Waals surface area contributed by atoms with Gasteiger partial charge in [-0.15, -0.1) is 0 Å². The van der Waals surface area contributed by atoms with Gasteiger partial charge < -0.3 is 14.9 Å². The molecule has 5 nitrogen and oxygen atoms in total. The molecule has 1 fully saturated rings. The van der Waals surface area contributed by atoms with E-state index in [4.69, 9.17) is 14.9 Å². The first-order chi connectivity index (χ1) is 5.79. The Kier molecular flexibility index (Phi) is 1.58. The van der Waals surface area contributed by atoms with E-state index < -0.39 is 12.0 Å². The molecule has 1 radical (unpaired) electrons. The molecular formula is C7H7N2O3. The highest BCUT2D eigenvalue weighted by atomic mass is 16.5. The number of carbonyl (C=O) groups excluding carboxylic acids is 1. The zero-order chi connectivity index (χ0) is 8.55. The number of hydrogen-bond acceptors (Lipinski definition) is 4. The summed E-state index contributed by atoms with van der Waals surface area (Å²) in [5, 5.41) is 0.